The van der Waals surface area contributed by atoms with Crippen molar-refractivity contribution < 1.29 is 32.2 Å². The minimum absolute atomic E-state index is 0.113. The third-order valence-electron chi connectivity index (χ3n) is 5.24. The number of halogens is 5. The highest BCUT2D eigenvalue weighted by Crippen LogP contribution is 2.32. The minimum atomic E-state index is -5.07. The summed E-state index contributed by atoms with van der Waals surface area (Å²) in [7, 11) is 0.793. The molecule has 1 aliphatic rings. The average molecular weight is 505 g/mol. The van der Waals surface area contributed by atoms with Crippen LogP contribution in [0.2, 0.25) is 10.0 Å². The summed E-state index contributed by atoms with van der Waals surface area (Å²) in [6.45, 7) is 0.949. The minimum Gasteiger partial charge on any atom is -0.466 e. The highest BCUT2D eigenvalue weighted by molar-refractivity contribution is 6.30. The quantitative estimate of drug-likeness (QED) is 0.539. The third-order valence-corrected chi connectivity index (χ3v) is 5.74. The first-order valence-corrected chi connectivity index (χ1v) is 10.7. The lowest BCUT2D eigenvalue weighted by molar-refractivity contribution is -0.217. The molecule has 1 unspecified atom stereocenters. The van der Waals surface area contributed by atoms with Crippen LogP contribution in [0.3, 0.4) is 0 Å². The maximum atomic E-state index is 13.1. The molecule has 3 rings (SSSR count). The Hall–Kier alpha value is -2.49. The van der Waals surface area contributed by atoms with E-state index in [-0.39, 0.29) is 19.1 Å². The zero-order valence-corrected chi connectivity index (χ0v) is 19.0. The number of amides is 1. The zero-order chi connectivity index (χ0) is 24.2. The normalized spacial score (nSPS) is 15.9. The van der Waals surface area contributed by atoms with Gasteiger partial charge >= 0.3 is 18.2 Å². The number of benzene rings is 2. The van der Waals surface area contributed by atoms with E-state index < -0.39 is 24.3 Å². The zero-order valence-electron chi connectivity index (χ0n) is 17.5. The molecule has 0 aromatic heterocycles. The van der Waals surface area contributed by atoms with Gasteiger partial charge in [0.2, 0.25) is 0 Å². The van der Waals surface area contributed by atoms with Crippen LogP contribution >= 0.6 is 23.2 Å². The molecule has 0 aliphatic carbocycles. The molecule has 178 valence electrons. The van der Waals surface area contributed by atoms with Gasteiger partial charge in [-0.2, -0.15) is 13.2 Å². The van der Waals surface area contributed by atoms with Gasteiger partial charge in [-0.1, -0.05) is 47.5 Å². The van der Waals surface area contributed by atoms with Crippen LogP contribution in [0, 0.1) is 0 Å². The lowest BCUT2D eigenvalue weighted by Crippen LogP contribution is -2.52. The molecular weight excluding hydrogens is 484 g/mol. The Morgan fingerprint density at radius 1 is 0.879 bits per heavy atom. The first kappa shape index (κ1) is 25.1. The van der Waals surface area contributed by atoms with E-state index in [1.54, 1.807) is 24.3 Å². The Bertz CT molecular complexity index is 918. The molecule has 33 heavy (non-hydrogen) atoms. The first-order chi connectivity index (χ1) is 15.6. The Kier molecular flexibility index (Phi) is 8.10. The van der Waals surface area contributed by atoms with Crippen molar-refractivity contribution in [3.05, 3.63) is 69.7 Å². The Labute approximate surface area is 198 Å². The van der Waals surface area contributed by atoms with E-state index in [0.717, 1.165) is 23.1 Å². The highest BCUT2D eigenvalue weighted by atomic mass is 35.5. The second-order valence-corrected chi connectivity index (χ2v) is 8.23. The molecule has 1 saturated heterocycles. The summed E-state index contributed by atoms with van der Waals surface area (Å²) in [5, 5.41) is 1.18. The summed E-state index contributed by atoms with van der Waals surface area (Å²) in [6.07, 6.45) is -9.26. The van der Waals surface area contributed by atoms with Crippen LogP contribution in [-0.2, 0) is 14.3 Å². The fourth-order valence-electron chi connectivity index (χ4n) is 3.60. The maximum Gasteiger partial charge on any atom is 0.436 e. The van der Waals surface area contributed by atoms with Gasteiger partial charge in [-0.25, -0.2) is 9.59 Å². The number of nitrogens with zero attached hydrogens (tertiary/aromatic N) is 2. The van der Waals surface area contributed by atoms with Crippen molar-refractivity contribution in [3.8, 4) is 0 Å². The number of carbonyl (C=O) groups excluding carboxylic acids is 2. The summed E-state index contributed by atoms with van der Waals surface area (Å²) in [4.78, 5) is 27.0. The van der Waals surface area contributed by atoms with Crippen LogP contribution in [0.15, 0.2) is 48.5 Å². The second-order valence-electron chi connectivity index (χ2n) is 7.36. The maximum absolute atomic E-state index is 13.1. The molecule has 1 fully saturated rings. The van der Waals surface area contributed by atoms with E-state index in [1.807, 2.05) is 24.3 Å². The van der Waals surface area contributed by atoms with Crippen LogP contribution in [-0.4, -0.2) is 67.4 Å². The number of rotatable bonds is 5. The molecular formula is C22H21Cl2F3N2O4. The molecule has 1 aliphatic heterocycles. The van der Waals surface area contributed by atoms with Crippen LogP contribution in [0.5, 0.6) is 0 Å². The van der Waals surface area contributed by atoms with Crippen LogP contribution in [0.1, 0.15) is 17.2 Å². The van der Waals surface area contributed by atoms with Crippen LogP contribution in [0.25, 0.3) is 0 Å². The number of alkyl halides is 3. The number of esters is 1. The largest absolute Gasteiger partial charge is 0.466 e. The van der Waals surface area contributed by atoms with Gasteiger partial charge < -0.3 is 14.4 Å². The van der Waals surface area contributed by atoms with Gasteiger partial charge in [-0.05, 0) is 35.4 Å². The fourth-order valence-corrected chi connectivity index (χ4v) is 3.85. The van der Waals surface area contributed by atoms with Crippen LogP contribution < -0.4 is 0 Å². The molecule has 0 bridgehead atoms. The first-order valence-electron chi connectivity index (χ1n) is 9.95. The van der Waals surface area contributed by atoms with Gasteiger partial charge in [0, 0.05) is 36.2 Å². The molecule has 2 aromatic carbocycles. The Balaban J connectivity index is 1.73. The van der Waals surface area contributed by atoms with E-state index in [0.29, 0.717) is 23.1 Å². The molecule has 0 radical (unpaired) electrons. The van der Waals surface area contributed by atoms with Gasteiger partial charge in [0.1, 0.15) is 0 Å². The van der Waals surface area contributed by atoms with Crippen molar-refractivity contribution in [2.75, 3.05) is 33.3 Å². The highest BCUT2D eigenvalue weighted by Gasteiger charge is 2.50. The summed E-state index contributed by atoms with van der Waals surface area (Å²) in [6, 6.07) is 14.5. The van der Waals surface area contributed by atoms with Gasteiger partial charge in [-0.3, -0.25) is 4.90 Å². The fraction of sp³-hybridized carbons (Fsp3) is 0.364. The molecule has 0 saturated carbocycles. The number of methoxy groups -OCH3 is 1. The summed E-state index contributed by atoms with van der Waals surface area (Å²) >= 11 is 12.1. The molecule has 0 spiro atoms. The number of carbonyl (C=O) groups is 2. The smallest absolute Gasteiger partial charge is 0.436 e. The standard InChI is InChI=1S/C22H21Cl2F3N2O4/c1-32-20(30)19(22(25,26)27)33-21(31)29-12-10-28(11-13-29)18(14-2-6-16(23)7-3-14)15-4-8-17(24)9-5-15/h2-9,18-19H,10-13H2,1H3. The molecule has 2 aromatic rings. The average Bonchev–Trinajstić information content (AvgIpc) is 2.79. The molecule has 1 heterocycles. The van der Waals surface area contributed by atoms with Gasteiger partial charge in [0.05, 0.1) is 13.2 Å². The van der Waals surface area contributed by atoms with E-state index in [4.69, 9.17) is 23.2 Å². The Morgan fingerprint density at radius 2 is 1.33 bits per heavy atom. The topological polar surface area (TPSA) is 59.1 Å². The van der Waals surface area contributed by atoms with E-state index in [2.05, 4.69) is 14.4 Å². The number of ether oxygens (including phenoxy) is 2. The van der Waals surface area contributed by atoms with Gasteiger partial charge in [0.15, 0.2) is 0 Å². The molecule has 6 nitrogen and oxygen atoms in total. The molecule has 1 atom stereocenters. The summed E-state index contributed by atoms with van der Waals surface area (Å²) < 4.78 is 47.7. The lowest BCUT2D eigenvalue weighted by atomic mass is 9.96. The summed E-state index contributed by atoms with van der Waals surface area (Å²) in [5.74, 6) is -1.68. The molecule has 1 amide bonds. The predicted octanol–water partition coefficient (Wildman–Crippen LogP) is 4.94. The lowest BCUT2D eigenvalue weighted by Gasteiger charge is -2.39. The van der Waals surface area contributed by atoms with Gasteiger partial charge in [-0.15, -0.1) is 0 Å². The van der Waals surface area contributed by atoms with Crippen molar-refractivity contribution in [1.29, 1.82) is 0 Å². The van der Waals surface area contributed by atoms with Gasteiger partial charge in [0.25, 0.3) is 6.10 Å². The van der Waals surface area contributed by atoms with Crippen molar-refractivity contribution in [2.45, 2.75) is 18.3 Å². The van der Waals surface area contributed by atoms with Crippen molar-refractivity contribution in [1.82, 2.24) is 9.80 Å². The monoisotopic (exact) mass is 504 g/mol. The second kappa shape index (κ2) is 10.6. The van der Waals surface area contributed by atoms with Crippen LogP contribution in [0.4, 0.5) is 18.0 Å². The molecule has 11 heteroatoms. The number of hydrogen-bond donors (Lipinski definition) is 0. The van der Waals surface area contributed by atoms with E-state index in [9.17, 15) is 22.8 Å². The van der Waals surface area contributed by atoms with E-state index in [1.165, 1.54) is 0 Å². The summed E-state index contributed by atoms with van der Waals surface area (Å²) in [5.41, 5.74) is 1.92. The SMILES string of the molecule is COC(=O)C(OC(=O)N1CCN(C(c2ccc(Cl)cc2)c2ccc(Cl)cc2)CC1)C(F)(F)F. The number of piperazine rings is 1. The van der Waals surface area contributed by atoms with Crippen molar-refractivity contribution in [3.63, 3.8) is 0 Å². The van der Waals surface area contributed by atoms with Crippen molar-refractivity contribution in [2.24, 2.45) is 0 Å². The van der Waals surface area contributed by atoms with Crippen molar-refractivity contribution >= 4 is 35.3 Å². The molecule has 0 N–H and O–H groups in total. The third kappa shape index (κ3) is 6.31. The van der Waals surface area contributed by atoms with E-state index >= 15 is 0 Å². The number of hydrogen-bond acceptors (Lipinski definition) is 5. The predicted molar refractivity (Wildman–Crippen MR) is 116 cm³/mol. The Morgan fingerprint density at radius 3 is 1.73 bits per heavy atom.